The maximum absolute atomic E-state index is 11.5. The molecule has 4 N–H and O–H groups in total. The number of nitrogens with one attached hydrogen (secondary N) is 2. The van der Waals surface area contributed by atoms with E-state index in [1.165, 1.54) is 0 Å². The second-order valence-electron chi connectivity index (χ2n) is 3.06. The summed E-state index contributed by atoms with van der Waals surface area (Å²) in [4.78, 5) is 14.1. The third kappa shape index (κ3) is 1.82. The van der Waals surface area contributed by atoms with Gasteiger partial charge in [0.05, 0.1) is 0 Å². The van der Waals surface area contributed by atoms with Crippen LogP contribution >= 0.6 is 12.2 Å². The van der Waals surface area contributed by atoms with E-state index in [0.29, 0.717) is 5.39 Å². The van der Waals surface area contributed by atoms with Crippen LogP contribution in [0.1, 0.15) is 0 Å². The minimum atomic E-state index is -0.126. The summed E-state index contributed by atoms with van der Waals surface area (Å²) in [5.41, 5.74) is 6.00. The van der Waals surface area contributed by atoms with Gasteiger partial charge in [0.25, 0.3) is 5.56 Å². The maximum atomic E-state index is 11.5. The number of hydrogen-bond acceptors (Lipinski definition) is 2. The predicted molar refractivity (Wildman–Crippen MR) is 65.0 cm³/mol. The molecule has 0 spiro atoms. The van der Waals surface area contributed by atoms with Crippen LogP contribution in [-0.2, 0) is 0 Å². The van der Waals surface area contributed by atoms with Crippen LogP contribution in [0.4, 0.5) is 5.69 Å². The summed E-state index contributed by atoms with van der Waals surface area (Å²) in [5, 5.41) is 4.42. The molecule has 15 heavy (non-hydrogen) atoms. The Morgan fingerprint density at radius 3 is 2.87 bits per heavy atom. The Kier molecular flexibility index (Phi) is 2.39. The lowest BCUT2D eigenvalue weighted by atomic mass is 10.1. The lowest BCUT2D eigenvalue weighted by Gasteiger charge is -2.06. The molecule has 0 bridgehead atoms. The van der Waals surface area contributed by atoms with Crippen molar-refractivity contribution < 1.29 is 0 Å². The smallest absolute Gasteiger partial charge is 0.255 e. The van der Waals surface area contributed by atoms with E-state index in [9.17, 15) is 4.79 Å². The summed E-state index contributed by atoms with van der Waals surface area (Å²) in [5.74, 6) is 0. The highest BCUT2D eigenvalue weighted by atomic mass is 32.1. The summed E-state index contributed by atoms with van der Waals surface area (Å²) in [6.45, 7) is 0. The Balaban J connectivity index is 2.71. The molecule has 0 aliphatic heterocycles. The number of aromatic nitrogens is 1. The highest BCUT2D eigenvalue weighted by Gasteiger charge is 2.02. The van der Waals surface area contributed by atoms with Gasteiger partial charge in [0.2, 0.25) is 0 Å². The van der Waals surface area contributed by atoms with Crippen molar-refractivity contribution in [1.29, 1.82) is 0 Å². The molecule has 1 heterocycles. The SMILES string of the molecule is NC(=S)Nc1cccc2c(=O)[nH]ccc12. The summed E-state index contributed by atoms with van der Waals surface area (Å²) in [7, 11) is 0. The van der Waals surface area contributed by atoms with Crippen LogP contribution in [0.15, 0.2) is 35.3 Å². The van der Waals surface area contributed by atoms with Crippen molar-refractivity contribution in [2.24, 2.45) is 5.73 Å². The zero-order valence-electron chi connectivity index (χ0n) is 7.78. The first-order valence-corrected chi connectivity index (χ1v) is 4.76. The topological polar surface area (TPSA) is 70.9 Å². The first-order valence-electron chi connectivity index (χ1n) is 4.35. The number of rotatable bonds is 1. The average Bonchev–Trinajstić information content (AvgIpc) is 2.19. The molecule has 0 fully saturated rings. The molecule has 0 saturated heterocycles. The molecule has 0 radical (unpaired) electrons. The first kappa shape index (κ1) is 9.67. The molecule has 2 aromatic rings. The number of fused-ring (bicyclic) bond motifs is 1. The van der Waals surface area contributed by atoms with Crippen molar-refractivity contribution in [2.75, 3.05) is 5.32 Å². The predicted octanol–water partition coefficient (Wildman–Crippen LogP) is 1.18. The van der Waals surface area contributed by atoms with Crippen molar-refractivity contribution in [2.45, 2.75) is 0 Å². The van der Waals surface area contributed by atoms with Gasteiger partial charge in [-0.25, -0.2) is 0 Å². The minimum absolute atomic E-state index is 0.126. The molecule has 0 atom stereocenters. The number of pyridine rings is 1. The van der Waals surface area contributed by atoms with Crippen LogP contribution in [0.5, 0.6) is 0 Å². The van der Waals surface area contributed by atoms with Crippen LogP contribution in [0, 0.1) is 0 Å². The summed E-state index contributed by atoms with van der Waals surface area (Å²) >= 11 is 4.75. The van der Waals surface area contributed by atoms with Crippen molar-refractivity contribution in [3.05, 3.63) is 40.8 Å². The second-order valence-corrected chi connectivity index (χ2v) is 3.50. The number of H-pyrrole nitrogens is 1. The van der Waals surface area contributed by atoms with Crippen LogP contribution in [0.2, 0.25) is 0 Å². The van der Waals surface area contributed by atoms with Crippen LogP contribution < -0.4 is 16.6 Å². The van der Waals surface area contributed by atoms with Gasteiger partial charge in [-0.3, -0.25) is 4.79 Å². The molecule has 5 heteroatoms. The molecule has 2 rings (SSSR count). The number of anilines is 1. The van der Waals surface area contributed by atoms with Crippen molar-refractivity contribution in [3.63, 3.8) is 0 Å². The largest absolute Gasteiger partial charge is 0.376 e. The van der Waals surface area contributed by atoms with E-state index in [1.807, 2.05) is 6.07 Å². The monoisotopic (exact) mass is 219 g/mol. The Labute approximate surface area is 91.1 Å². The standard InChI is InChI=1S/C10H9N3OS/c11-10(15)13-8-3-1-2-7-6(8)4-5-12-9(7)14/h1-5H,(H,12,14)(H3,11,13,15). The van der Waals surface area contributed by atoms with Crippen LogP contribution in [-0.4, -0.2) is 10.1 Å². The van der Waals surface area contributed by atoms with Crippen LogP contribution in [0.25, 0.3) is 10.8 Å². The van der Waals surface area contributed by atoms with Crippen molar-refractivity contribution in [1.82, 2.24) is 4.98 Å². The highest BCUT2D eigenvalue weighted by Crippen LogP contribution is 2.19. The first-order chi connectivity index (χ1) is 7.18. The number of aromatic amines is 1. The van der Waals surface area contributed by atoms with E-state index in [4.69, 9.17) is 18.0 Å². The van der Waals surface area contributed by atoms with E-state index in [1.54, 1.807) is 24.4 Å². The van der Waals surface area contributed by atoms with Gasteiger partial charge in [0.1, 0.15) is 0 Å². The zero-order chi connectivity index (χ0) is 10.8. The van der Waals surface area contributed by atoms with Gasteiger partial charge in [0, 0.05) is 22.7 Å². The molecular formula is C10H9N3OS. The normalized spacial score (nSPS) is 10.1. The van der Waals surface area contributed by atoms with Gasteiger partial charge in [-0.2, -0.15) is 0 Å². The molecule has 0 amide bonds. The van der Waals surface area contributed by atoms with Gasteiger partial charge in [-0.1, -0.05) is 6.07 Å². The summed E-state index contributed by atoms with van der Waals surface area (Å²) < 4.78 is 0. The molecule has 76 valence electrons. The number of hydrogen-bond donors (Lipinski definition) is 3. The molecule has 0 aliphatic rings. The Morgan fingerprint density at radius 2 is 2.13 bits per heavy atom. The van der Waals surface area contributed by atoms with Crippen molar-refractivity contribution in [3.8, 4) is 0 Å². The Bertz CT molecular complexity index is 576. The molecule has 1 aromatic heterocycles. The minimum Gasteiger partial charge on any atom is -0.376 e. The maximum Gasteiger partial charge on any atom is 0.255 e. The van der Waals surface area contributed by atoms with E-state index in [-0.39, 0.29) is 10.7 Å². The molecule has 1 aromatic carbocycles. The average molecular weight is 219 g/mol. The van der Waals surface area contributed by atoms with Gasteiger partial charge < -0.3 is 16.0 Å². The lowest BCUT2D eigenvalue weighted by Crippen LogP contribution is -2.19. The molecular weight excluding hydrogens is 210 g/mol. The Morgan fingerprint density at radius 1 is 1.33 bits per heavy atom. The third-order valence-electron chi connectivity index (χ3n) is 2.07. The summed E-state index contributed by atoms with van der Waals surface area (Å²) in [6.07, 6.45) is 1.59. The van der Waals surface area contributed by atoms with Gasteiger partial charge in [-0.15, -0.1) is 0 Å². The fourth-order valence-electron chi connectivity index (χ4n) is 1.46. The summed E-state index contributed by atoms with van der Waals surface area (Å²) in [6, 6.07) is 7.15. The van der Waals surface area contributed by atoms with Gasteiger partial charge in [-0.05, 0) is 30.4 Å². The lowest BCUT2D eigenvalue weighted by molar-refractivity contribution is 1.28. The second kappa shape index (κ2) is 3.70. The molecule has 0 saturated carbocycles. The molecule has 4 nitrogen and oxygen atoms in total. The van der Waals surface area contributed by atoms with E-state index < -0.39 is 0 Å². The molecule has 0 aliphatic carbocycles. The highest BCUT2D eigenvalue weighted by molar-refractivity contribution is 7.80. The number of thiocarbonyl (C=S) groups is 1. The van der Waals surface area contributed by atoms with Crippen molar-refractivity contribution >= 4 is 33.8 Å². The third-order valence-corrected chi connectivity index (χ3v) is 2.18. The Hall–Kier alpha value is -1.88. The number of nitrogens with two attached hydrogens (primary N) is 1. The fourth-order valence-corrected chi connectivity index (χ4v) is 1.57. The number of benzene rings is 1. The van der Waals surface area contributed by atoms with Gasteiger partial charge in [0.15, 0.2) is 5.11 Å². The van der Waals surface area contributed by atoms with E-state index in [0.717, 1.165) is 11.1 Å². The van der Waals surface area contributed by atoms with E-state index >= 15 is 0 Å². The zero-order valence-corrected chi connectivity index (χ0v) is 8.60. The van der Waals surface area contributed by atoms with Gasteiger partial charge >= 0.3 is 0 Å². The quantitative estimate of drug-likeness (QED) is 0.630. The fraction of sp³-hybridized carbons (Fsp3) is 0. The molecule has 0 unspecified atom stereocenters. The van der Waals surface area contributed by atoms with E-state index in [2.05, 4.69) is 10.3 Å². The van der Waals surface area contributed by atoms with Crippen LogP contribution in [0.3, 0.4) is 0 Å².